The molecule has 266 valence electrons. The molecule has 0 heterocycles. The summed E-state index contributed by atoms with van der Waals surface area (Å²) in [5, 5.41) is 0. The molecule has 0 radical (unpaired) electrons. The maximum atomic E-state index is 14.8. The van der Waals surface area contributed by atoms with Gasteiger partial charge in [0.25, 0.3) is 0 Å². The van der Waals surface area contributed by atoms with Gasteiger partial charge in [0.15, 0.2) is 11.9 Å². The Morgan fingerprint density at radius 2 is 1.50 bits per heavy atom. The summed E-state index contributed by atoms with van der Waals surface area (Å²) in [4.78, 5) is 29.2. The molecule has 50 heavy (non-hydrogen) atoms. The van der Waals surface area contributed by atoms with E-state index in [-0.39, 0.29) is 56.8 Å². The van der Waals surface area contributed by atoms with Gasteiger partial charge in [-0.2, -0.15) is 0 Å². The van der Waals surface area contributed by atoms with Crippen LogP contribution >= 0.6 is 0 Å². The molecular formula is C45H57NO4. The summed E-state index contributed by atoms with van der Waals surface area (Å²) >= 11 is 0. The van der Waals surface area contributed by atoms with Gasteiger partial charge in [-0.3, -0.25) is 9.59 Å². The Morgan fingerprint density at radius 3 is 2.12 bits per heavy atom. The summed E-state index contributed by atoms with van der Waals surface area (Å²) in [5.41, 5.74) is 8.57. The van der Waals surface area contributed by atoms with E-state index in [0.717, 1.165) is 56.1 Å². The summed E-state index contributed by atoms with van der Waals surface area (Å²) in [7, 11) is 0. The number of nitrogens with two attached hydrogens (primary N) is 1. The molecule has 1 unspecified atom stereocenters. The molecule has 0 amide bonds. The molecule has 9 atom stereocenters. The first-order chi connectivity index (χ1) is 23.6. The Balaban J connectivity index is 1.21. The number of esters is 1. The SMILES string of the molecule is C#CCO[C@H]1CC[C@@]2(C)C(CC[C@]3(C)[C@@H]2C(=O)C=C2[C@@H]4C[C@@](N)(C(=O)OC(c5ccccc5)c5ccccc5)CC[C@]4(C)CC[C@]23C)C1(C)C. The average molecular weight is 676 g/mol. The number of ether oxygens (including phenoxy) is 2. The standard InChI is InChI=1S/C45H57NO4/c1-8-27-49-36-20-21-42(5)35(40(36,2)3)19-22-44(7)38(42)34(47)28-32-33-29-45(46,26-24-41(33,4)23-25-43(32,44)6)39(48)50-37(30-15-11-9-12-16-30)31-17-13-10-14-18-31/h1,9-18,28,33,35-38H,19-27,29,46H2,2-7H3/t33-,35?,36-,38+,41-,42-,43+,44+,45+/m0/s1. The molecule has 0 aliphatic heterocycles. The Hall–Kier alpha value is -3.20. The molecule has 5 aliphatic carbocycles. The summed E-state index contributed by atoms with van der Waals surface area (Å²) in [6.07, 6.45) is 15.2. The predicted molar refractivity (Wildman–Crippen MR) is 198 cm³/mol. The number of carbonyl (C=O) groups excluding carboxylic acids is 2. The van der Waals surface area contributed by atoms with Gasteiger partial charge in [0.1, 0.15) is 12.1 Å². The average Bonchev–Trinajstić information content (AvgIpc) is 3.09. The van der Waals surface area contributed by atoms with E-state index >= 15 is 0 Å². The van der Waals surface area contributed by atoms with E-state index in [1.54, 1.807) is 0 Å². The molecule has 5 nitrogen and oxygen atoms in total. The first-order valence-electron chi connectivity index (χ1n) is 19.0. The lowest BCUT2D eigenvalue weighted by Gasteiger charge is -2.70. The van der Waals surface area contributed by atoms with Crippen molar-refractivity contribution in [2.45, 2.75) is 117 Å². The highest BCUT2D eigenvalue weighted by Gasteiger charge is 2.70. The van der Waals surface area contributed by atoms with Gasteiger partial charge in [-0.15, -0.1) is 6.42 Å². The van der Waals surface area contributed by atoms with Crippen LogP contribution in [0.2, 0.25) is 0 Å². The van der Waals surface area contributed by atoms with Gasteiger partial charge < -0.3 is 15.2 Å². The fourth-order valence-electron chi connectivity index (χ4n) is 12.5. The number of hydrogen-bond donors (Lipinski definition) is 1. The molecule has 5 heteroatoms. The van der Waals surface area contributed by atoms with Crippen molar-refractivity contribution in [1.82, 2.24) is 0 Å². The van der Waals surface area contributed by atoms with Crippen molar-refractivity contribution in [3.05, 3.63) is 83.4 Å². The minimum atomic E-state index is -1.14. The number of hydrogen-bond acceptors (Lipinski definition) is 5. The third kappa shape index (κ3) is 5.18. The van der Waals surface area contributed by atoms with Gasteiger partial charge in [-0.05, 0) is 114 Å². The van der Waals surface area contributed by atoms with Gasteiger partial charge in [-0.25, -0.2) is 0 Å². The van der Waals surface area contributed by atoms with Gasteiger partial charge in [0.2, 0.25) is 0 Å². The van der Waals surface area contributed by atoms with Gasteiger partial charge in [0.05, 0.1) is 6.10 Å². The van der Waals surface area contributed by atoms with Crippen LogP contribution in [0.4, 0.5) is 0 Å². The normalized spacial score (nSPS) is 40.3. The van der Waals surface area contributed by atoms with Crippen LogP contribution in [0.25, 0.3) is 0 Å². The second-order valence-electron chi connectivity index (χ2n) is 18.3. The van der Waals surface area contributed by atoms with Crippen LogP contribution in [0.3, 0.4) is 0 Å². The third-order valence-electron chi connectivity index (χ3n) is 15.5. The number of terminal acetylenes is 1. The highest BCUT2D eigenvalue weighted by atomic mass is 16.5. The van der Waals surface area contributed by atoms with E-state index in [4.69, 9.17) is 21.6 Å². The zero-order valence-corrected chi connectivity index (χ0v) is 31.1. The van der Waals surface area contributed by atoms with Crippen molar-refractivity contribution in [3.63, 3.8) is 0 Å². The first kappa shape index (κ1) is 35.2. The maximum Gasteiger partial charge on any atom is 0.327 e. The molecule has 2 N–H and O–H groups in total. The van der Waals surface area contributed by atoms with Crippen LogP contribution in [-0.2, 0) is 19.1 Å². The quantitative estimate of drug-likeness (QED) is 0.244. The highest BCUT2D eigenvalue weighted by molar-refractivity contribution is 5.96. The number of fused-ring (bicyclic) bond motifs is 7. The Kier molecular flexibility index (Phi) is 8.59. The molecule has 2 aromatic rings. The predicted octanol–water partition coefficient (Wildman–Crippen LogP) is 9.01. The molecular weight excluding hydrogens is 618 g/mol. The summed E-state index contributed by atoms with van der Waals surface area (Å²) < 4.78 is 12.7. The van der Waals surface area contributed by atoms with Crippen LogP contribution in [0.5, 0.6) is 0 Å². The lowest BCUT2D eigenvalue weighted by molar-refractivity contribution is -0.207. The van der Waals surface area contributed by atoms with Crippen molar-refractivity contribution in [1.29, 1.82) is 0 Å². The summed E-state index contributed by atoms with van der Waals surface area (Å²) in [6, 6.07) is 19.8. The second-order valence-corrected chi connectivity index (χ2v) is 18.3. The molecule has 4 saturated carbocycles. The second kappa shape index (κ2) is 12.2. The van der Waals surface area contributed by atoms with Crippen LogP contribution < -0.4 is 5.73 Å². The van der Waals surface area contributed by atoms with Crippen molar-refractivity contribution in [2.24, 2.45) is 50.6 Å². The first-order valence-corrected chi connectivity index (χ1v) is 19.0. The highest BCUT2D eigenvalue weighted by Crippen LogP contribution is 2.75. The molecule has 0 aromatic heterocycles. The Labute approximate surface area is 300 Å². The van der Waals surface area contributed by atoms with E-state index in [0.29, 0.717) is 25.4 Å². The topological polar surface area (TPSA) is 78.6 Å². The number of ketones is 1. The molecule has 5 aliphatic rings. The van der Waals surface area contributed by atoms with Crippen molar-refractivity contribution in [3.8, 4) is 12.3 Å². The van der Waals surface area contributed by atoms with Crippen molar-refractivity contribution < 1.29 is 19.1 Å². The van der Waals surface area contributed by atoms with E-state index in [9.17, 15) is 9.59 Å². The van der Waals surface area contributed by atoms with Crippen molar-refractivity contribution >= 4 is 11.8 Å². The molecule has 4 fully saturated rings. The number of allylic oxidation sites excluding steroid dienone is 2. The van der Waals surface area contributed by atoms with E-state index < -0.39 is 11.6 Å². The smallest absolute Gasteiger partial charge is 0.327 e. The monoisotopic (exact) mass is 675 g/mol. The van der Waals surface area contributed by atoms with E-state index in [1.165, 1.54) is 5.57 Å². The van der Waals surface area contributed by atoms with Crippen molar-refractivity contribution in [2.75, 3.05) is 6.61 Å². The van der Waals surface area contributed by atoms with Gasteiger partial charge in [0, 0.05) is 5.92 Å². The minimum Gasteiger partial charge on any atom is -0.451 e. The largest absolute Gasteiger partial charge is 0.451 e. The molecule has 0 saturated heterocycles. The lowest BCUT2D eigenvalue weighted by Crippen LogP contribution is -2.67. The Bertz CT molecular complexity index is 1670. The molecule has 2 aromatic carbocycles. The van der Waals surface area contributed by atoms with E-state index in [2.05, 4.69) is 53.5 Å². The fraction of sp³-hybridized carbons (Fsp3) is 0.600. The zero-order valence-electron chi connectivity index (χ0n) is 31.1. The van der Waals surface area contributed by atoms with E-state index in [1.807, 2.05) is 60.7 Å². The molecule has 7 rings (SSSR count). The van der Waals surface area contributed by atoms with Crippen LogP contribution in [-0.4, -0.2) is 30.0 Å². The number of benzene rings is 2. The third-order valence-corrected chi connectivity index (χ3v) is 15.5. The number of carbonyl (C=O) groups is 2. The zero-order chi connectivity index (χ0) is 35.7. The van der Waals surface area contributed by atoms with Crippen LogP contribution in [0.15, 0.2) is 72.3 Å². The minimum absolute atomic E-state index is 0.0221. The van der Waals surface area contributed by atoms with Crippen LogP contribution in [0, 0.1) is 57.2 Å². The fourth-order valence-corrected chi connectivity index (χ4v) is 12.5. The Morgan fingerprint density at radius 1 is 0.880 bits per heavy atom. The maximum absolute atomic E-state index is 14.8. The lowest BCUT2D eigenvalue weighted by atomic mass is 9.33. The summed E-state index contributed by atoms with van der Waals surface area (Å²) in [6.45, 7) is 14.7. The van der Waals surface area contributed by atoms with Crippen LogP contribution in [0.1, 0.15) is 117 Å². The number of rotatable bonds is 6. The molecule has 0 bridgehead atoms. The summed E-state index contributed by atoms with van der Waals surface area (Å²) in [5.74, 6) is 2.94. The van der Waals surface area contributed by atoms with Gasteiger partial charge >= 0.3 is 5.97 Å². The molecule has 0 spiro atoms. The van der Waals surface area contributed by atoms with Gasteiger partial charge in [-0.1, -0.05) is 114 Å².